The van der Waals surface area contributed by atoms with Crippen LogP contribution in [0.5, 0.6) is 0 Å². The van der Waals surface area contributed by atoms with Crippen LogP contribution in [0.25, 0.3) is 0 Å². The van der Waals surface area contributed by atoms with Gasteiger partial charge in [0.05, 0.1) is 0 Å². The van der Waals surface area contributed by atoms with Gasteiger partial charge in [-0.25, -0.2) is 8.78 Å². The molecule has 2 rings (SSSR count). The normalized spacial score (nSPS) is 11.9. The van der Waals surface area contributed by atoms with E-state index in [1.54, 1.807) is 24.3 Å². The van der Waals surface area contributed by atoms with Crippen molar-refractivity contribution in [2.45, 2.75) is 6.04 Å². The Balaban J connectivity index is 2.37. The Kier molecular flexibility index (Phi) is 4.34. The summed E-state index contributed by atoms with van der Waals surface area (Å²) in [5.41, 5.74) is 5.87. The maximum Gasteiger partial charge on any atom is 0.244 e. The Morgan fingerprint density at radius 2 is 1.90 bits per heavy atom. The number of para-hydroxylation sites is 1. The molecule has 2 aromatic carbocycles. The molecule has 0 heterocycles. The van der Waals surface area contributed by atoms with Crippen molar-refractivity contribution < 1.29 is 13.6 Å². The van der Waals surface area contributed by atoms with E-state index in [9.17, 15) is 13.6 Å². The van der Waals surface area contributed by atoms with Crippen LogP contribution < -0.4 is 11.1 Å². The SMILES string of the molecule is NC(=O)C(Nc1ccccc1Br)c1ccc(F)cc1F. The highest BCUT2D eigenvalue weighted by Gasteiger charge is 2.22. The molecular weight excluding hydrogens is 330 g/mol. The lowest BCUT2D eigenvalue weighted by atomic mass is 10.0. The molecule has 0 bridgehead atoms. The molecule has 0 fully saturated rings. The zero-order chi connectivity index (χ0) is 14.7. The molecule has 0 aliphatic carbocycles. The van der Waals surface area contributed by atoms with E-state index >= 15 is 0 Å². The molecule has 0 saturated heterocycles. The predicted molar refractivity (Wildman–Crippen MR) is 76.1 cm³/mol. The van der Waals surface area contributed by atoms with Crippen molar-refractivity contribution in [3.63, 3.8) is 0 Å². The van der Waals surface area contributed by atoms with Gasteiger partial charge >= 0.3 is 0 Å². The van der Waals surface area contributed by atoms with Crippen LogP contribution in [-0.2, 0) is 4.79 Å². The zero-order valence-electron chi connectivity index (χ0n) is 10.2. The maximum absolute atomic E-state index is 13.8. The number of carbonyl (C=O) groups excluding carboxylic acids is 1. The van der Waals surface area contributed by atoms with E-state index in [-0.39, 0.29) is 5.56 Å². The molecule has 6 heteroatoms. The van der Waals surface area contributed by atoms with Crippen molar-refractivity contribution in [1.29, 1.82) is 0 Å². The van der Waals surface area contributed by atoms with Gasteiger partial charge in [-0.05, 0) is 34.1 Å². The van der Waals surface area contributed by atoms with Crippen molar-refractivity contribution in [3.05, 3.63) is 64.1 Å². The number of hydrogen-bond donors (Lipinski definition) is 2. The highest BCUT2D eigenvalue weighted by atomic mass is 79.9. The van der Waals surface area contributed by atoms with Gasteiger partial charge in [0.1, 0.15) is 17.7 Å². The molecule has 0 saturated carbocycles. The number of hydrogen-bond acceptors (Lipinski definition) is 2. The number of carbonyl (C=O) groups is 1. The van der Waals surface area contributed by atoms with E-state index in [0.29, 0.717) is 16.2 Å². The number of amides is 1. The van der Waals surface area contributed by atoms with Gasteiger partial charge in [-0.2, -0.15) is 0 Å². The summed E-state index contributed by atoms with van der Waals surface area (Å²) in [5, 5.41) is 2.84. The molecule has 0 spiro atoms. The zero-order valence-corrected chi connectivity index (χ0v) is 11.8. The summed E-state index contributed by atoms with van der Waals surface area (Å²) in [6.45, 7) is 0. The Morgan fingerprint density at radius 1 is 1.20 bits per heavy atom. The van der Waals surface area contributed by atoms with Crippen LogP contribution in [0.1, 0.15) is 11.6 Å². The lowest BCUT2D eigenvalue weighted by Crippen LogP contribution is -2.28. The molecule has 1 atom stereocenters. The summed E-state index contributed by atoms with van der Waals surface area (Å²) in [6.07, 6.45) is 0. The Labute approximate surface area is 122 Å². The van der Waals surface area contributed by atoms with Crippen molar-refractivity contribution in [2.24, 2.45) is 5.73 Å². The number of benzene rings is 2. The van der Waals surface area contributed by atoms with Gasteiger partial charge in [0, 0.05) is 21.8 Å². The Morgan fingerprint density at radius 3 is 2.50 bits per heavy atom. The van der Waals surface area contributed by atoms with Crippen LogP contribution in [0.2, 0.25) is 0 Å². The fraction of sp³-hybridized carbons (Fsp3) is 0.0714. The second kappa shape index (κ2) is 6.00. The van der Waals surface area contributed by atoms with Crippen molar-refractivity contribution in [1.82, 2.24) is 0 Å². The number of rotatable bonds is 4. The van der Waals surface area contributed by atoms with Crippen molar-refractivity contribution >= 4 is 27.5 Å². The average molecular weight is 341 g/mol. The van der Waals surface area contributed by atoms with E-state index in [1.807, 2.05) is 0 Å². The monoisotopic (exact) mass is 340 g/mol. The third-order valence-electron chi connectivity index (χ3n) is 2.73. The Hall–Kier alpha value is -1.95. The summed E-state index contributed by atoms with van der Waals surface area (Å²) >= 11 is 3.31. The second-order valence-corrected chi connectivity index (χ2v) is 4.98. The lowest BCUT2D eigenvalue weighted by molar-refractivity contribution is -0.118. The first-order valence-electron chi connectivity index (χ1n) is 5.74. The fourth-order valence-corrected chi connectivity index (χ4v) is 2.17. The molecule has 2 aromatic rings. The summed E-state index contributed by atoms with van der Waals surface area (Å²) in [4.78, 5) is 11.5. The smallest absolute Gasteiger partial charge is 0.244 e. The van der Waals surface area contributed by atoms with Crippen LogP contribution in [0.4, 0.5) is 14.5 Å². The van der Waals surface area contributed by atoms with Gasteiger partial charge in [0.2, 0.25) is 5.91 Å². The highest BCUT2D eigenvalue weighted by molar-refractivity contribution is 9.10. The molecule has 3 N–H and O–H groups in total. The molecule has 3 nitrogen and oxygen atoms in total. The molecule has 0 aliphatic rings. The minimum absolute atomic E-state index is 0.00495. The molecule has 0 radical (unpaired) electrons. The first kappa shape index (κ1) is 14.5. The number of nitrogens with one attached hydrogen (secondary N) is 1. The molecule has 104 valence electrons. The molecule has 1 unspecified atom stereocenters. The molecule has 0 aliphatic heterocycles. The van der Waals surface area contributed by atoms with Crippen LogP contribution in [0.15, 0.2) is 46.9 Å². The molecule has 1 amide bonds. The molecule has 20 heavy (non-hydrogen) atoms. The van der Waals surface area contributed by atoms with E-state index in [0.717, 1.165) is 6.07 Å². The van der Waals surface area contributed by atoms with E-state index in [4.69, 9.17) is 5.73 Å². The average Bonchev–Trinajstić information content (AvgIpc) is 2.38. The summed E-state index contributed by atoms with van der Waals surface area (Å²) in [5.74, 6) is -2.30. The van der Waals surface area contributed by atoms with E-state index in [2.05, 4.69) is 21.2 Å². The predicted octanol–water partition coefficient (Wildman–Crippen LogP) is 3.37. The van der Waals surface area contributed by atoms with Crippen molar-refractivity contribution in [2.75, 3.05) is 5.32 Å². The Bertz CT molecular complexity index is 649. The number of nitrogens with two attached hydrogens (primary N) is 1. The third-order valence-corrected chi connectivity index (χ3v) is 3.42. The third kappa shape index (κ3) is 3.14. The fourth-order valence-electron chi connectivity index (χ4n) is 1.77. The minimum Gasteiger partial charge on any atom is -0.369 e. The van der Waals surface area contributed by atoms with Crippen molar-refractivity contribution in [3.8, 4) is 0 Å². The highest BCUT2D eigenvalue weighted by Crippen LogP contribution is 2.27. The van der Waals surface area contributed by atoms with Crippen LogP contribution in [0.3, 0.4) is 0 Å². The van der Waals surface area contributed by atoms with Crippen LogP contribution in [-0.4, -0.2) is 5.91 Å². The maximum atomic E-state index is 13.8. The minimum atomic E-state index is -1.09. The summed E-state index contributed by atoms with van der Waals surface area (Å²) < 4.78 is 27.4. The molecular formula is C14H11BrF2N2O. The standard InChI is InChI=1S/C14H11BrF2N2O/c15-10-3-1-2-4-12(10)19-13(14(18)20)9-6-5-8(16)7-11(9)17/h1-7,13,19H,(H2,18,20). The van der Waals surface area contributed by atoms with Gasteiger partial charge in [0.15, 0.2) is 0 Å². The van der Waals surface area contributed by atoms with Crippen LogP contribution in [0, 0.1) is 11.6 Å². The first-order chi connectivity index (χ1) is 9.49. The van der Waals surface area contributed by atoms with E-state index in [1.165, 1.54) is 6.07 Å². The largest absolute Gasteiger partial charge is 0.369 e. The van der Waals surface area contributed by atoms with Gasteiger partial charge < -0.3 is 11.1 Å². The quantitative estimate of drug-likeness (QED) is 0.896. The first-order valence-corrected chi connectivity index (χ1v) is 6.53. The van der Waals surface area contributed by atoms with Gasteiger partial charge in [-0.3, -0.25) is 4.79 Å². The summed E-state index contributed by atoms with van der Waals surface area (Å²) in [7, 11) is 0. The van der Waals surface area contributed by atoms with E-state index < -0.39 is 23.6 Å². The summed E-state index contributed by atoms with van der Waals surface area (Å²) in [6, 6.07) is 8.93. The lowest BCUT2D eigenvalue weighted by Gasteiger charge is -2.18. The van der Waals surface area contributed by atoms with Gasteiger partial charge in [0.25, 0.3) is 0 Å². The molecule has 0 aromatic heterocycles. The number of anilines is 1. The number of primary amides is 1. The topological polar surface area (TPSA) is 55.1 Å². The second-order valence-electron chi connectivity index (χ2n) is 4.13. The number of halogens is 3. The van der Waals surface area contributed by atoms with Gasteiger partial charge in [-0.1, -0.05) is 18.2 Å². The van der Waals surface area contributed by atoms with Gasteiger partial charge in [-0.15, -0.1) is 0 Å². The van der Waals surface area contributed by atoms with Crippen LogP contribution >= 0.6 is 15.9 Å².